The first-order valence-electron chi connectivity index (χ1n) is 9.64. The number of Topliss-reactive ketones (excluding diaryl/α,β-unsaturated/α-hetero) is 1. The molecule has 1 atom stereocenters. The summed E-state index contributed by atoms with van der Waals surface area (Å²) in [5.74, 6) is -1.48. The maximum atomic E-state index is 12.9. The van der Waals surface area contributed by atoms with Crippen LogP contribution in [0.2, 0.25) is 5.02 Å². The molecule has 1 aromatic carbocycles. The van der Waals surface area contributed by atoms with E-state index in [1.165, 1.54) is 17.3 Å². The highest BCUT2D eigenvalue weighted by atomic mass is 35.5. The van der Waals surface area contributed by atoms with Gasteiger partial charge in [0.1, 0.15) is 5.76 Å². The lowest BCUT2D eigenvalue weighted by molar-refractivity contribution is -0.140. The number of hydrogen-bond donors (Lipinski definition) is 1. The summed E-state index contributed by atoms with van der Waals surface area (Å²) in [4.78, 5) is 33.4. The van der Waals surface area contributed by atoms with Crippen LogP contribution in [0.15, 0.2) is 54.4 Å². The summed E-state index contributed by atoms with van der Waals surface area (Å²) in [6.07, 6.45) is 3.06. The molecule has 1 fully saturated rings. The maximum absolute atomic E-state index is 12.9. The zero-order valence-electron chi connectivity index (χ0n) is 16.5. The molecule has 0 spiro atoms. The molecule has 6 nitrogen and oxygen atoms in total. The van der Waals surface area contributed by atoms with Gasteiger partial charge in [0, 0.05) is 36.1 Å². The second-order valence-corrected chi connectivity index (χ2v) is 7.24. The van der Waals surface area contributed by atoms with Crippen LogP contribution in [-0.4, -0.2) is 57.8 Å². The Bertz CT molecular complexity index is 909. The first kappa shape index (κ1) is 21.0. The number of hydrogen-bond acceptors (Lipinski definition) is 5. The van der Waals surface area contributed by atoms with E-state index in [-0.39, 0.29) is 11.3 Å². The number of likely N-dealkylation sites (N-methyl/N-ethyl adjacent to an activating group) is 1. The van der Waals surface area contributed by atoms with Crippen molar-refractivity contribution < 1.29 is 14.7 Å². The van der Waals surface area contributed by atoms with Crippen molar-refractivity contribution in [1.82, 2.24) is 14.8 Å². The largest absolute Gasteiger partial charge is 0.507 e. The first-order chi connectivity index (χ1) is 14.0. The standard InChI is InChI=1S/C22H24ClN3O3/c1-3-25(4-2)13-14-26-19(15-5-7-17(23)8-6-15)18(21(28)22(26)29)20(27)16-9-11-24-12-10-16/h5-12,19,27H,3-4,13-14H2,1-2H3/b20-18+. The van der Waals surface area contributed by atoms with Crippen molar-refractivity contribution in [3.05, 3.63) is 70.5 Å². The van der Waals surface area contributed by atoms with Crippen LogP contribution in [0.3, 0.4) is 0 Å². The number of amides is 1. The molecule has 152 valence electrons. The first-order valence-corrected chi connectivity index (χ1v) is 10.0. The Kier molecular flexibility index (Phi) is 6.67. The van der Waals surface area contributed by atoms with Crippen molar-refractivity contribution in [2.45, 2.75) is 19.9 Å². The molecule has 1 aromatic heterocycles. The third-order valence-electron chi connectivity index (χ3n) is 5.23. The van der Waals surface area contributed by atoms with E-state index in [4.69, 9.17) is 11.6 Å². The molecule has 3 rings (SSSR count). The van der Waals surface area contributed by atoms with E-state index in [9.17, 15) is 14.7 Å². The molecule has 0 bridgehead atoms. The highest BCUT2D eigenvalue weighted by molar-refractivity contribution is 6.46. The van der Waals surface area contributed by atoms with Crippen molar-refractivity contribution in [2.24, 2.45) is 0 Å². The summed E-state index contributed by atoms with van der Waals surface area (Å²) in [6, 6.07) is 9.54. The predicted molar refractivity (Wildman–Crippen MR) is 112 cm³/mol. The number of aromatic nitrogens is 1. The molecule has 1 aliphatic heterocycles. The van der Waals surface area contributed by atoms with Gasteiger partial charge >= 0.3 is 0 Å². The number of halogens is 1. The van der Waals surface area contributed by atoms with Crippen LogP contribution in [0, 0.1) is 0 Å². The summed E-state index contributed by atoms with van der Waals surface area (Å²) in [5, 5.41) is 11.5. The molecule has 2 aromatic rings. The second kappa shape index (κ2) is 9.20. The summed E-state index contributed by atoms with van der Waals surface area (Å²) >= 11 is 6.02. The Balaban J connectivity index is 2.07. The molecule has 1 N–H and O–H groups in total. The number of carbonyl (C=O) groups excluding carboxylic acids is 2. The number of benzene rings is 1. The van der Waals surface area contributed by atoms with Gasteiger partial charge < -0.3 is 14.9 Å². The number of pyridine rings is 1. The lowest BCUT2D eigenvalue weighted by Crippen LogP contribution is -2.38. The van der Waals surface area contributed by atoms with Crippen LogP contribution in [-0.2, 0) is 9.59 Å². The Labute approximate surface area is 175 Å². The van der Waals surface area contributed by atoms with E-state index in [2.05, 4.69) is 23.7 Å². The van der Waals surface area contributed by atoms with Gasteiger partial charge in [-0.05, 0) is 42.9 Å². The van der Waals surface area contributed by atoms with Gasteiger partial charge in [-0.15, -0.1) is 0 Å². The molecule has 0 aliphatic carbocycles. The van der Waals surface area contributed by atoms with Crippen LogP contribution in [0.5, 0.6) is 0 Å². The zero-order valence-corrected chi connectivity index (χ0v) is 17.3. The van der Waals surface area contributed by atoms with Crippen LogP contribution in [0.1, 0.15) is 31.0 Å². The number of likely N-dealkylation sites (tertiary alicyclic amines) is 1. The highest BCUT2D eigenvalue weighted by Crippen LogP contribution is 2.39. The van der Waals surface area contributed by atoms with Gasteiger partial charge in [-0.1, -0.05) is 37.6 Å². The third-order valence-corrected chi connectivity index (χ3v) is 5.48. The molecule has 7 heteroatoms. The average Bonchev–Trinajstić information content (AvgIpc) is 3.00. The highest BCUT2D eigenvalue weighted by Gasteiger charge is 2.45. The molecular weight excluding hydrogens is 390 g/mol. The Morgan fingerprint density at radius 3 is 2.31 bits per heavy atom. The number of nitrogens with zero attached hydrogens (tertiary/aromatic N) is 3. The van der Waals surface area contributed by atoms with Gasteiger partial charge in [-0.25, -0.2) is 0 Å². The number of carbonyl (C=O) groups is 2. The van der Waals surface area contributed by atoms with Gasteiger partial charge in [0.05, 0.1) is 11.6 Å². The molecular formula is C22H24ClN3O3. The van der Waals surface area contributed by atoms with E-state index in [1.54, 1.807) is 36.4 Å². The smallest absolute Gasteiger partial charge is 0.295 e. The number of rotatable bonds is 7. The summed E-state index contributed by atoms with van der Waals surface area (Å²) < 4.78 is 0. The van der Waals surface area contributed by atoms with E-state index in [0.29, 0.717) is 23.7 Å². The molecule has 2 heterocycles. The van der Waals surface area contributed by atoms with Gasteiger partial charge in [-0.2, -0.15) is 0 Å². The maximum Gasteiger partial charge on any atom is 0.295 e. The second-order valence-electron chi connectivity index (χ2n) is 6.81. The van der Waals surface area contributed by atoms with E-state index in [1.807, 2.05) is 0 Å². The van der Waals surface area contributed by atoms with E-state index >= 15 is 0 Å². The fraction of sp³-hybridized carbons (Fsp3) is 0.318. The normalized spacial score (nSPS) is 18.6. The Morgan fingerprint density at radius 1 is 1.10 bits per heavy atom. The molecule has 1 saturated heterocycles. The SMILES string of the molecule is CCN(CC)CCN1C(=O)C(=O)/C(=C(/O)c2ccncc2)C1c1ccc(Cl)cc1. The fourth-order valence-corrected chi connectivity index (χ4v) is 3.68. The minimum atomic E-state index is -0.682. The number of aliphatic hydroxyl groups excluding tert-OH is 1. The van der Waals surface area contributed by atoms with Crippen LogP contribution in [0.25, 0.3) is 5.76 Å². The summed E-state index contributed by atoms with van der Waals surface area (Å²) in [6.45, 7) is 6.83. The quantitative estimate of drug-likeness (QED) is 0.427. The van der Waals surface area contributed by atoms with Crippen molar-refractivity contribution in [1.29, 1.82) is 0 Å². The molecule has 1 aliphatic rings. The Hall–Kier alpha value is -2.70. The van der Waals surface area contributed by atoms with Crippen LogP contribution >= 0.6 is 11.6 Å². The summed E-state index contributed by atoms with van der Waals surface area (Å²) in [7, 11) is 0. The number of aliphatic hydroxyl groups is 1. The number of ketones is 1. The van der Waals surface area contributed by atoms with Gasteiger partial charge in [-0.3, -0.25) is 14.6 Å². The predicted octanol–water partition coefficient (Wildman–Crippen LogP) is 3.50. The molecule has 29 heavy (non-hydrogen) atoms. The zero-order chi connectivity index (χ0) is 21.0. The van der Waals surface area contributed by atoms with Crippen molar-refractivity contribution >= 4 is 29.1 Å². The molecule has 0 saturated carbocycles. The van der Waals surface area contributed by atoms with Crippen molar-refractivity contribution in [3.63, 3.8) is 0 Å². The van der Waals surface area contributed by atoms with E-state index in [0.717, 1.165) is 18.7 Å². The average molecular weight is 414 g/mol. The Morgan fingerprint density at radius 2 is 1.72 bits per heavy atom. The van der Waals surface area contributed by atoms with Gasteiger partial charge in [0.15, 0.2) is 0 Å². The van der Waals surface area contributed by atoms with Crippen LogP contribution in [0.4, 0.5) is 0 Å². The fourth-order valence-electron chi connectivity index (χ4n) is 3.56. The van der Waals surface area contributed by atoms with E-state index < -0.39 is 17.7 Å². The van der Waals surface area contributed by atoms with Crippen molar-refractivity contribution in [2.75, 3.05) is 26.2 Å². The molecule has 1 unspecified atom stereocenters. The topological polar surface area (TPSA) is 73.7 Å². The van der Waals surface area contributed by atoms with Gasteiger partial charge in [0.2, 0.25) is 0 Å². The lowest BCUT2D eigenvalue weighted by Gasteiger charge is -2.28. The minimum Gasteiger partial charge on any atom is -0.507 e. The molecule has 1 amide bonds. The lowest BCUT2D eigenvalue weighted by atomic mass is 9.95. The molecule has 0 radical (unpaired) electrons. The summed E-state index contributed by atoms with van der Waals surface area (Å²) in [5.41, 5.74) is 1.26. The van der Waals surface area contributed by atoms with Crippen LogP contribution < -0.4 is 0 Å². The van der Waals surface area contributed by atoms with Gasteiger partial charge in [0.25, 0.3) is 11.7 Å². The minimum absolute atomic E-state index is 0.0862. The van der Waals surface area contributed by atoms with Crippen molar-refractivity contribution in [3.8, 4) is 0 Å². The monoisotopic (exact) mass is 413 g/mol. The third kappa shape index (κ3) is 4.33.